The summed E-state index contributed by atoms with van der Waals surface area (Å²) in [6.45, 7) is 0. The second-order valence-electron chi connectivity index (χ2n) is 3.87. The summed E-state index contributed by atoms with van der Waals surface area (Å²) in [5.41, 5.74) is -2.39. The van der Waals surface area contributed by atoms with Crippen LogP contribution in [-0.4, -0.2) is 9.91 Å². The molecule has 0 fully saturated rings. The minimum Gasteiger partial charge on any atom is -0.456 e. The van der Waals surface area contributed by atoms with Gasteiger partial charge in [0, 0.05) is 16.7 Å². The maximum absolute atomic E-state index is 12.8. The summed E-state index contributed by atoms with van der Waals surface area (Å²) < 4.78 is 44.2. The summed E-state index contributed by atoms with van der Waals surface area (Å²) in [6.07, 6.45) is -2.07. The van der Waals surface area contributed by atoms with E-state index in [4.69, 9.17) is 4.74 Å². The van der Waals surface area contributed by atoms with E-state index in [0.717, 1.165) is 12.1 Å². The average Bonchev–Trinajstić information content (AvgIpc) is 2.37. The van der Waals surface area contributed by atoms with Gasteiger partial charge >= 0.3 is 6.18 Å². The average molecular weight is 363 g/mol. The second kappa shape index (κ2) is 5.68. The SMILES string of the molecule is O=[N+]([O-])c1ccc(Oc2cncc(Br)c2)cc1C(F)(F)F. The highest BCUT2D eigenvalue weighted by molar-refractivity contribution is 9.10. The Hall–Kier alpha value is -2.16. The largest absolute Gasteiger partial charge is 0.456 e. The number of aromatic nitrogens is 1. The van der Waals surface area contributed by atoms with Crippen LogP contribution < -0.4 is 4.74 Å². The van der Waals surface area contributed by atoms with E-state index in [0.29, 0.717) is 10.5 Å². The molecule has 110 valence electrons. The molecule has 0 bridgehead atoms. The summed E-state index contributed by atoms with van der Waals surface area (Å²) in [6, 6.07) is 3.93. The number of benzene rings is 1. The lowest BCUT2D eigenvalue weighted by Gasteiger charge is -2.10. The van der Waals surface area contributed by atoms with Crippen molar-refractivity contribution in [2.75, 3.05) is 0 Å². The molecule has 1 heterocycles. The fraction of sp³-hybridized carbons (Fsp3) is 0.0833. The summed E-state index contributed by atoms with van der Waals surface area (Å²) in [5, 5.41) is 10.6. The van der Waals surface area contributed by atoms with Gasteiger partial charge in [0.2, 0.25) is 0 Å². The monoisotopic (exact) mass is 362 g/mol. The zero-order valence-corrected chi connectivity index (χ0v) is 11.7. The van der Waals surface area contributed by atoms with Crippen molar-refractivity contribution in [2.45, 2.75) is 6.18 Å². The molecule has 0 aliphatic rings. The van der Waals surface area contributed by atoms with Gasteiger partial charge in [0.05, 0.1) is 11.1 Å². The predicted molar refractivity (Wildman–Crippen MR) is 70.1 cm³/mol. The van der Waals surface area contributed by atoms with E-state index in [9.17, 15) is 23.3 Å². The first kappa shape index (κ1) is 15.2. The summed E-state index contributed by atoms with van der Waals surface area (Å²) >= 11 is 3.14. The van der Waals surface area contributed by atoms with Crippen LogP contribution in [0.1, 0.15) is 5.56 Å². The Kier molecular flexibility index (Phi) is 4.12. The van der Waals surface area contributed by atoms with Crippen molar-refractivity contribution in [3.8, 4) is 11.5 Å². The van der Waals surface area contributed by atoms with Crippen LogP contribution in [0.25, 0.3) is 0 Å². The maximum Gasteiger partial charge on any atom is 0.423 e. The van der Waals surface area contributed by atoms with Gasteiger partial charge in [0.25, 0.3) is 5.69 Å². The van der Waals surface area contributed by atoms with Gasteiger partial charge in [-0.25, -0.2) is 0 Å². The van der Waals surface area contributed by atoms with Gasteiger partial charge in [0.15, 0.2) is 0 Å². The number of alkyl halides is 3. The van der Waals surface area contributed by atoms with Gasteiger partial charge in [-0.05, 0) is 34.1 Å². The number of nitro benzene ring substituents is 1. The van der Waals surface area contributed by atoms with Crippen LogP contribution in [0.2, 0.25) is 0 Å². The molecule has 0 N–H and O–H groups in total. The fourth-order valence-corrected chi connectivity index (χ4v) is 1.89. The zero-order valence-electron chi connectivity index (χ0n) is 10.1. The number of nitrogens with zero attached hydrogens (tertiary/aromatic N) is 2. The fourth-order valence-electron chi connectivity index (χ4n) is 1.55. The van der Waals surface area contributed by atoms with Gasteiger partial charge in [0.1, 0.15) is 17.1 Å². The van der Waals surface area contributed by atoms with E-state index in [2.05, 4.69) is 20.9 Å². The summed E-state index contributed by atoms with van der Waals surface area (Å²) in [4.78, 5) is 13.3. The number of rotatable bonds is 3. The Morgan fingerprint density at radius 3 is 2.48 bits per heavy atom. The lowest BCUT2D eigenvalue weighted by Crippen LogP contribution is -2.09. The first-order valence-electron chi connectivity index (χ1n) is 5.41. The van der Waals surface area contributed by atoms with Crippen molar-refractivity contribution in [3.63, 3.8) is 0 Å². The third kappa shape index (κ3) is 3.69. The molecule has 0 unspecified atom stereocenters. The maximum atomic E-state index is 12.8. The quantitative estimate of drug-likeness (QED) is 0.592. The highest BCUT2D eigenvalue weighted by atomic mass is 79.9. The Morgan fingerprint density at radius 1 is 1.19 bits per heavy atom. The molecule has 9 heteroatoms. The third-order valence-corrected chi connectivity index (χ3v) is 2.82. The van der Waals surface area contributed by atoms with Crippen LogP contribution in [0, 0.1) is 10.1 Å². The molecular weight excluding hydrogens is 357 g/mol. The number of pyridine rings is 1. The van der Waals surface area contributed by atoms with Gasteiger partial charge in [-0.3, -0.25) is 15.1 Å². The minimum atomic E-state index is -4.85. The standard InChI is InChI=1S/C12H6BrF3N2O3/c13-7-3-9(6-17-5-7)21-8-1-2-11(18(19)20)10(4-8)12(14,15)16/h1-6H. The van der Waals surface area contributed by atoms with E-state index in [-0.39, 0.29) is 11.5 Å². The first-order chi connectivity index (χ1) is 9.77. The molecule has 0 radical (unpaired) electrons. The molecule has 1 aromatic heterocycles. The molecule has 2 aromatic rings. The summed E-state index contributed by atoms with van der Waals surface area (Å²) in [7, 11) is 0. The highest BCUT2D eigenvalue weighted by Crippen LogP contribution is 2.39. The van der Waals surface area contributed by atoms with Crippen LogP contribution in [0.15, 0.2) is 41.1 Å². The third-order valence-electron chi connectivity index (χ3n) is 2.39. The van der Waals surface area contributed by atoms with Crippen LogP contribution in [0.3, 0.4) is 0 Å². The van der Waals surface area contributed by atoms with E-state index in [1.54, 1.807) is 0 Å². The minimum absolute atomic E-state index is 0.173. The van der Waals surface area contributed by atoms with Crippen molar-refractivity contribution >= 4 is 21.6 Å². The second-order valence-corrected chi connectivity index (χ2v) is 4.79. The first-order valence-corrected chi connectivity index (χ1v) is 6.21. The molecule has 0 amide bonds. The molecule has 0 aliphatic carbocycles. The zero-order chi connectivity index (χ0) is 15.6. The molecular formula is C12H6BrF3N2O3. The van der Waals surface area contributed by atoms with E-state index in [1.165, 1.54) is 18.5 Å². The number of ether oxygens (including phenoxy) is 1. The Balaban J connectivity index is 2.40. The van der Waals surface area contributed by atoms with Crippen molar-refractivity contribution in [3.05, 3.63) is 56.8 Å². The molecule has 0 atom stereocenters. The van der Waals surface area contributed by atoms with Crippen LogP contribution in [-0.2, 0) is 6.18 Å². The molecule has 0 aliphatic heterocycles. The van der Waals surface area contributed by atoms with Crippen LogP contribution in [0.5, 0.6) is 11.5 Å². The van der Waals surface area contributed by atoms with Gasteiger partial charge in [-0.15, -0.1) is 0 Å². The molecule has 0 saturated heterocycles. The number of hydrogen-bond donors (Lipinski definition) is 0. The molecule has 0 spiro atoms. The smallest absolute Gasteiger partial charge is 0.423 e. The van der Waals surface area contributed by atoms with Crippen molar-refractivity contribution in [1.82, 2.24) is 4.98 Å². The van der Waals surface area contributed by atoms with E-state index < -0.39 is 22.4 Å². The predicted octanol–water partition coefficient (Wildman–Crippen LogP) is 4.56. The molecule has 5 nitrogen and oxygen atoms in total. The van der Waals surface area contributed by atoms with Gasteiger partial charge in [-0.2, -0.15) is 13.2 Å². The molecule has 1 aromatic carbocycles. The van der Waals surface area contributed by atoms with E-state index >= 15 is 0 Å². The molecule has 0 saturated carbocycles. The van der Waals surface area contributed by atoms with Crippen LogP contribution in [0.4, 0.5) is 18.9 Å². The van der Waals surface area contributed by atoms with Crippen molar-refractivity contribution < 1.29 is 22.8 Å². The lowest BCUT2D eigenvalue weighted by molar-refractivity contribution is -0.388. The number of nitro groups is 1. The highest BCUT2D eigenvalue weighted by Gasteiger charge is 2.38. The van der Waals surface area contributed by atoms with Crippen molar-refractivity contribution in [1.29, 1.82) is 0 Å². The normalized spacial score (nSPS) is 11.2. The van der Waals surface area contributed by atoms with Gasteiger partial charge in [-0.1, -0.05) is 0 Å². The molecule has 2 rings (SSSR count). The Bertz CT molecular complexity index is 692. The Labute approximate surface area is 124 Å². The van der Waals surface area contributed by atoms with Gasteiger partial charge < -0.3 is 4.74 Å². The van der Waals surface area contributed by atoms with E-state index in [1.807, 2.05) is 0 Å². The van der Waals surface area contributed by atoms with Crippen LogP contribution >= 0.6 is 15.9 Å². The molecule has 21 heavy (non-hydrogen) atoms. The summed E-state index contributed by atoms with van der Waals surface area (Å²) in [5.74, 6) is 0.0270. The van der Waals surface area contributed by atoms with Crippen molar-refractivity contribution in [2.24, 2.45) is 0 Å². The Morgan fingerprint density at radius 2 is 1.90 bits per heavy atom. The topological polar surface area (TPSA) is 65.3 Å². The number of halogens is 4. The number of hydrogen-bond acceptors (Lipinski definition) is 4. The lowest BCUT2D eigenvalue weighted by atomic mass is 10.1.